The Balaban J connectivity index is 2.53. The molecule has 0 radical (unpaired) electrons. The first-order valence-electron chi connectivity index (χ1n) is 7.22. The first kappa shape index (κ1) is 17.2. The Labute approximate surface area is 123 Å². The summed E-state index contributed by atoms with van der Waals surface area (Å²) in [6, 6.07) is 8.62. The fourth-order valence-corrected chi connectivity index (χ4v) is 2.87. The molecule has 0 saturated carbocycles. The zero-order valence-corrected chi connectivity index (χ0v) is 14.0. The highest BCUT2D eigenvalue weighted by molar-refractivity contribution is 7.92. The van der Waals surface area contributed by atoms with E-state index in [1.807, 2.05) is 0 Å². The van der Waals surface area contributed by atoms with E-state index in [4.69, 9.17) is 0 Å². The van der Waals surface area contributed by atoms with Gasteiger partial charge in [-0.3, -0.25) is 0 Å². The first-order valence-corrected chi connectivity index (χ1v) is 8.87. The topological polar surface area (TPSA) is 46.2 Å². The minimum atomic E-state index is -3.05. The minimum absolute atomic E-state index is 0.163. The molecule has 114 valence electrons. The van der Waals surface area contributed by atoms with E-state index in [1.165, 1.54) is 11.1 Å². The van der Waals surface area contributed by atoms with Crippen molar-refractivity contribution >= 4 is 9.84 Å². The summed E-state index contributed by atoms with van der Waals surface area (Å²) >= 11 is 0. The van der Waals surface area contributed by atoms with Crippen LogP contribution in [-0.4, -0.2) is 25.5 Å². The van der Waals surface area contributed by atoms with Gasteiger partial charge in [0.1, 0.15) is 0 Å². The van der Waals surface area contributed by atoms with Gasteiger partial charge < -0.3 is 5.32 Å². The monoisotopic (exact) mass is 297 g/mol. The van der Waals surface area contributed by atoms with Gasteiger partial charge in [0.2, 0.25) is 0 Å². The van der Waals surface area contributed by atoms with Gasteiger partial charge >= 0.3 is 0 Å². The van der Waals surface area contributed by atoms with Gasteiger partial charge in [0.25, 0.3) is 0 Å². The average molecular weight is 297 g/mol. The molecule has 0 heterocycles. The molecule has 4 heteroatoms. The van der Waals surface area contributed by atoms with Crippen molar-refractivity contribution in [3.8, 4) is 0 Å². The summed E-state index contributed by atoms with van der Waals surface area (Å²) in [4.78, 5) is 0. The number of sulfone groups is 1. The molecule has 0 aromatic heterocycles. The standard InChI is InChI=1S/C16H27NO2S/c1-6-14-7-9-15(10-8-14)13(2)17-11-12-20(18,19)16(3,4)5/h7-10,13,17H,6,11-12H2,1-5H3. The van der Waals surface area contributed by atoms with Crippen LogP contribution in [0.5, 0.6) is 0 Å². The van der Waals surface area contributed by atoms with E-state index in [0.717, 1.165) is 6.42 Å². The zero-order chi connectivity index (χ0) is 15.4. The van der Waals surface area contributed by atoms with Crippen molar-refractivity contribution < 1.29 is 8.42 Å². The summed E-state index contributed by atoms with van der Waals surface area (Å²) < 4.78 is 23.3. The predicted octanol–water partition coefficient (Wildman–Crippen LogP) is 3.11. The second-order valence-corrected chi connectivity index (χ2v) is 9.06. The van der Waals surface area contributed by atoms with Crippen molar-refractivity contribution in [3.63, 3.8) is 0 Å². The third kappa shape index (κ3) is 4.60. The molecule has 0 spiro atoms. The molecule has 0 fully saturated rings. The molecule has 3 nitrogen and oxygen atoms in total. The lowest BCUT2D eigenvalue weighted by molar-refractivity contribution is 0.546. The first-order chi connectivity index (χ1) is 9.17. The van der Waals surface area contributed by atoms with E-state index >= 15 is 0 Å². The van der Waals surface area contributed by atoms with Gasteiger partial charge in [-0.2, -0.15) is 0 Å². The van der Waals surface area contributed by atoms with Gasteiger partial charge in [-0.05, 0) is 45.2 Å². The predicted molar refractivity (Wildman–Crippen MR) is 85.8 cm³/mol. The van der Waals surface area contributed by atoms with Gasteiger partial charge in [-0.25, -0.2) is 8.42 Å². The Morgan fingerprint density at radius 1 is 1.15 bits per heavy atom. The Bertz CT molecular complexity index is 512. The van der Waals surface area contributed by atoms with E-state index in [-0.39, 0.29) is 11.8 Å². The number of rotatable bonds is 6. The van der Waals surface area contributed by atoms with Crippen LogP contribution in [0.2, 0.25) is 0 Å². The Hall–Kier alpha value is -0.870. The van der Waals surface area contributed by atoms with Gasteiger partial charge in [-0.1, -0.05) is 31.2 Å². The van der Waals surface area contributed by atoms with Gasteiger partial charge in [0, 0.05) is 12.6 Å². The number of aryl methyl sites for hydroxylation is 1. The van der Waals surface area contributed by atoms with Gasteiger partial charge in [-0.15, -0.1) is 0 Å². The van der Waals surface area contributed by atoms with Crippen molar-refractivity contribution in [2.24, 2.45) is 0 Å². The molecule has 1 aromatic carbocycles. The highest BCUT2D eigenvalue weighted by Crippen LogP contribution is 2.17. The largest absolute Gasteiger partial charge is 0.309 e. The molecule has 0 aliphatic rings. The van der Waals surface area contributed by atoms with Crippen LogP contribution in [0.25, 0.3) is 0 Å². The molecule has 20 heavy (non-hydrogen) atoms. The summed E-state index contributed by atoms with van der Waals surface area (Å²) in [5, 5.41) is 3.29. The fraction of sp³-hybridized carbons (Fsp3) is 0.625. The average Bonchev–Trinajstić information content (AvgIpc) is 2.37. The van der Waals surface area contributed by atoms with Crippen LogP contribution < -0.4 is 5.32 Å². The normalized spacial score (nSPS) is 14.2. The molecular formula is C16H27NO2S. The Kier molecular flexibility index (Phi) is 5.78. The molecule has 0 saturated heterocycles. The quantitative estimate of drug-likeness (QED) is 0.877. The zero-order valence-electron chi connectivity index (χ0n) is 13.2. The van der Waals surface area contributed by atoms with Crippen molar-refractivity contribution in [3.05, 3.63) is 35.4 Å². The third-order valence-electron chi connectivity index (χ3n) is 3.64. The Morgan fingerprint density at radius 3 is 2.15 bits per heavy atom. The van der Waals surface area contributed by atoms with Gasteiger partial charge in [0.05, 0.1) is 10.5 Å². The highest BCUT2D eigenvalue weighted by Gasteiger charge is 2.28. The highest BCUT2D eigenvalue weighted by atomic mass is 32.2. The molecular weight excluding hydrogens is 270 g/mol. The minimum Gasteiger partial charge on any atom is -0.309 e. The summed E-state index contributed by atoms with van der Waals surface area (Å²) in [5.74, 6) is 0.174. The van der Waals surface area contributed by atoms with Crippen LogP contribution in [0.15, 0.2) is 24.3 Å². The molecule has 1 atom stereocenters. The summed E-state index contributed by atoms with van der Waals surface area (Å²) in [5.41, 5.74) is 2.51. The van der Waals surface area contributed by atoms with Crippen LogP contribution in [0.3, 0.4) is 0 Å². The number of hydrogen-bond acceptors (Lipinski definition) is 3. The van der Waals surface area contributed by atoms with Crippen LogP contribution in [-0.2, 0) is 16.3 Å². The summed E-state index contributed by atoms with van der Waals surface area (Å²) in [7, 11) is -3.05. The second-order valence-electron chi connectivity index (χ2n) is 6.20. The summed E-state index contributed by atoms with van der Waals surface area (Å²) in [6.07, 6.45) is 1.03. The molecule has 1 aromatic rings. The molecule has 1 rings (SSSR count). The van der Waals surface area contributed by atoms with Crippen LogP contribution in [0.1, 0.15) is 51.8 Å². The molecule has 0 bridgehead atoms. The van der Waals surface area contributed by atoms with Crippen molar-refractivity contribution in [1.29, 1.82) is 0 Å². The lowest BCUT2D eigenvalue weighted by Gasteiger charge is -2.20. The molecule has 0 amide bonds. The molecule has 0 aliphatic heterocycles. The number of benzene rings is 1. The summed E-state index contributed by atoms with van der Waals surface area (Å²) in [6.45, 7) is 9.91. The van der Waals surface area contributed by atoms with E-state index < -0.39 is 14.6 Å². The van der Waals surface area contributed by atoms with Crippen LogP contribution in [0, 0.1) is 0 Å². The third-order valence-corrected chi connectivity index (χ3v) is 6.25. The maximum absolute atomic E-state index is 12.0. The molecule has 1 N–H and O–H groups in total. The Morgan fingerprint density at radius 2 is 1.70 bits per heavy atom. The fourth-order valence-electron chi connectivity index (χ4n) is 1.88. The van der Waals surface area contributed by atoms with E-state index in [2.05, 4.69) is 43.4 Å². The number of nitrogens with one attached hydrogen (secondary N) is 1. The van der Waals surface area contributed by atoms with Crippen LogP contribution >= 0.6 is 0 Å². The van der Waals surface area contributed by atoms with E-state index in [0.29, 0.717) is 6.54 Å². The van der Waals surface area contributed by atoms with Gasteiger partial charge in [0.15, 0.2) is 9.84 Å². The number of hydrogen-bond donors (Lipinski definition) is 1. The smallest absolute Gasteiger partial charge is 0.156 e. The lowest BCUT2D eigenvalue weighted by Crippen LogP contribution is -2.35. The van der Waals surface area contributed by atoms with E-state index in [1.54, 1.807) is 20.8 Å². The second kappa shape index (κ2) is 6.72. The van der Waals surface area contributed by atoms with Crippen molar-refractivity contribution in [1.82, 2.24) is 5.32 Å². The van der Waals surface area contributed by atoms with Crippen molar-refractivity contribution in [2.45, 2.75) is 51.8 Å². The van der Waals surface area contributed by atoms with E-state index in [9.17, 15) is 8.42 Å². The molecule has 1 unspecified atom stereocenters. The molecule has 0 aliphatic carbocycles. The van der Waals surface area contributed by atoms with Crippen LogP contribution in [0.4, 0.5) is 0 Å². The SMILES string of the molecule is CCc1ccc(C(C)NCCS(=O)(=O)C(C)(C)C)cc1. The maximum atomic E-state index is 12.0. The van der Waals surface area contributed by atoms with Crippen molar-refractivity contribution in [2.75, 3.05) is 12.3 Å². The maximum Gasteiger partial charge on any atom is 0.156 e. The lowest BCUT2D eigenvalue weighted by atomic mass is 10.1.